The number of hydrogen-bond donors (Lipinski definition) is 0. The molecule has 0 aromatic heterocycles. The van der Waals surface area contributed by atoms with E-state index in [1.54, 1.807) is 11.8 Å². The summed E-state index contributed by atoms with van der Waals surface area (Å²) in [5.41, 5.74) is 2.81. The number of anilines is 1. The van der Waals surface area contributed by atoms with Crippen LogP contribution >= 0.6 is 15.9 Å². The zero-order chi connectivity index (χ0) is 14.3. The Kier molecular flexibility index (Phi) is 3.67. The van der Waals surface area contributed by atoms with Gasteiger partial charge >= 0.3 is 0 Å². The van der Waals surface area contributed by atoms with Crippen molar-refractivity contribution in [3.05, 3.63) is 27.7 Å². The molecular formula is C16H18BrNO2. The number of nitrogens with zero attached hydrogens (tertiary/aromatic N) is 1. The van der Waals surface area contributed by atoms with Crippen LogP contribution in [0.4, 0.5) is 5.69 Å². The van der Waals surface area contributed by atoms with E-state index in [-0.39, 0.29) is 17.6 Å². The number of ketones is 1. The predicted octanol–water partition coefficient (Wildman–Crippen LogP) is 3.73. The van der Waals surface area contributed by atoms with Crippen LogP contribution in [0.5, 0.6) is 0 Å². The molecule has 1 heterocycles. The molecule has 106 valence electrons. The molecule has 1 aromatic carbocycles. The quantitative estimate of drug-likeness (QED) is 0.772. The first-order valence-electron chi connectivity index (χ1n) is 7.22. The van der Waals surface area contributed by atoms with Crippen LogP contribution in [-0.2, 0) is 11.2 Å². The maximum Gasteiger partial charge on any atom is 0.223 e. The standard InChI is InChI=1S/C16H18BrNO2/c1-10(19)18-7-6-12-8-14(17)13(9-15(12)18)16(20)11-4-2-3-5-11/h8-9,11H,2-7H2,1H3. The zero-order valence-electron chi connectivity index (χ0n) is 11.6. The molecule has 3 rings (SSSR count). The van der Waals surface area contributed by atoms with Crippen molar-refractivity contribution >= 4 is 33.3 Å². The number of rotatable bonds is 2. The van der Waals surface area contributed by atoms with Gasteiger partial charge in [-0.25, -0.2) is 0 Å². The van der Waals surface area contributed by atoms with Crippen LogP contribution in [-0.4, -0.2) is 18.2 Å². The first-order chi connectivity index (χ1) is 9.58. The topological polar surface area (TPSA) is 37.4 Å². The van der Waals surface area contributed by atoms with Gasteiger partial charge in [-0.2, -0.15) is 0 Å². The van der Waals surface area contributed by atoms with Crippen molar-refractivity contribution in [2.24, 2.45) is 5.92 Å². The fourth-order valence-corrected chi connectivity index (χ4v) is 3.92. The normalized spacial score (nSPS) is 18.4. The molecule has 0 unspecified atom stereocenters. The molecule has 0 bridgehead atoms. The summed E-state index contributed by atoms with van der Waals surface area (Å²) in [6, 6.07) is 3.93. The number of Topliss-reactive ketones (excluding diaryl/α,β-unsaturated/α-hetero) is 1. The average Bonchev–Trinajstić information content (AvgIpc) is 3.05. The van der Waals surface area contributed by atoms with Crippen molar-refractivity contribution in [3.8, 4) is 0 Å². The van der Waals surface area contributed by atoms with Crippen LogP contribution in [0.2, 0.25) is 0 Å². The minimum Gasteiger partial charge on any atom is -0.312 e. The summed E-state index contributed by atoms with van der Waals surface area (Å²) in [5, 5.41) is 0. The third kappa shape index (κ3) is 2.30. The molecule has 2 aliphatic rings. The van der Waals surface area contributed by atoms with Gasteiger partial charge in [0.05, 0.1) is 0 Å². The largest absolute Gasteiger partial charge is 0.312 e. The van der Waals surface area contributed by atoms with Crippen molar-refractivity contribution in [3.63, 3.8) is 0 Å². The van der Waals surface area contributed by atoms with Crippen molar-refractivity contribution in [1.29, 1.82) is 0 Å². The number of amides is 1. The molecule has 0 radical (unpaired) electrons. The van der Waals surface area contributed by atoms with Crippen molar-refractivity contribution in [2.75, 3.05) is 11.4 Å². The minimum absolute atomic E-state index is 0.0466. The highest BCUT2D eigenvalue weighted by molar-refractivity contribution is 9.10. The number of hydrogen-bond acceptors (Lipinski definition) is 2. The summed E-state index contributed by atoms with van der Waals surface area (Å²) in [4.78, 5) is 26.0. The highest BCUT2D eigenvalue weighted by Crippen LogP contribution is 2.36. The van der Waals surface area contributed by atoms with E-state index in [2.05, 4.69) is 15.9 Å². The lowest BCUT2D eigenvalue weighted by Crippen LogP contribution is -2.26. The second-order valence-electron chi connectivity index (χ2n) is 5.73. The van der Waals surface area contributed by atoms with E-state index in [9.17, 15) is 9.59 Å². The molecule has 0 atom stereocenters. The smallest absolute Gasteiger partial charge is 0.223 e. The molecule has 1 aromatic rings. The minimum atomic E-state index is 0.0466. The number of benzene rings is 1. The Morgan fingerprint density at radius 1 is 1.25 bits per heavy atom. The molecule has 0 N–H and O–H groups in total. The van der Waals surface area contributed by atoms with Crippen molar-refractivity contribution in [1.82, 2.24) is 0 Å². The van der Waals surface area contributed by atoms with E-state index < -0.39 is 0 Å². The van der Waals surface area contributed by atoms with Crippen molar-refractivity contribution < 1.29 is 9.59 Å². The van der Waals surface area contributed by atoms with Crippen LogP contribution in [0, 0.1) is 5.92 Å². The lowest BCUT2D eigenvalue weighted by molar-refractivity contribution is -0.116. The fourth-order valence-electron chi connectivity index (χ4n) is 3.33. The van der Waals surface area contributed by atoms with Crippen LogP contribution in [0.3, 0.4) is 0 Å². The van der Waals surface area contributed by atoms with Crippen LogP contribution in [0.15, 0.2) is 16.6 Å². The lowest BCUT2D eigenvalue weighted by Gasteiger charge is -2.17. The maximum absolute atomic E-state index is 12.6. The molecule has 20 heavy (non-hydrogen) atoms. The maximum atomic E-state index is 12.6. The molecule has 0 saturated heterocycles. The summed E-state index contributed by atoms with van der Waals surface area (Å²) in [5.74, 6) is 0.439. The molecule has 1 aliphatic carbocycles. The Balaban J connectivity index is 1.98. The Morgan fingerprint density at radius 3 is 2.60 bits per heavy atom. The molecule has 1 amide bonds. The zero-order valence-corrected chi connectivity index (χ0v) is 13.2. The molecule has 3 nitrogen and oxygen atoms in total. The van der Waals surface area contributed by atoms with Crippen molar-refractivity contribution in [2.45, 2.75) is 39.0 Å². The van der Waals surface area contributed by atoms with Gasteiger partial charge in [-0.15, -0.1) is 0 Å². The number of carbonyl (C=O) groups excluding carboxylic acids is 2. The van der Waals surface area contributed by atoms with Crippen LogP contribution < -0.4 is 4.90 Å². The molecule has 1 aliphatic heterocycles. The van der Waals surface area contributed by atoms with Gasteiger partial charge in [-0.05, 0) is 37.0 Å². The van der Waals surface area contributed by atoms with Gasteiger partial charge < -0.3 is 4.90 Å². The first kappa shape index (κ1) is 13.8. The summed E-state index contributed by atoms with van der Waals surface area (Å²) >= 11 is 3.53. The highest BCUT2D eigenvalue weighted by atomic mass is 79.9. The molecule has 1 saturated carbocycles. The van der Waals surface area contributed by atoms with E-state index >= 15 is 0 Å². The SMILES string of the molecule is CC(=O)N1CCc2cc(Br)c(C(=O)C3CCCC3)cc21. The van der Waals surface area contributed by atoms with Crippen LogP contribution in [0.25, 0.3) is 0 Å². The van der Waals surface area contributed by atoms with Crippen LogP contribution in [0.1, 0.15) is 48.5 Å². The molecule has 4 heteroatoms. The summed E-state index contributed by atoms with van der Waals surface area (Å²) in [6.07, 6.45) is 5.17. The summed E-state index contributed by atoms with van der Waals surface area (Å²) < 4.78 is 0.874. The molecule has 1 fully saturated rings. The van der Waals surface area contributed by atoms with Gasteiger partial charge in [-0.1, -0.05) is 28.8 Å². The Morgan fingerprint density at radius 2 is 1.95 bits per heavy atom. The Hall–Kier alpha value is -1.16. The monoisotopic (exact) mass is 335 g/mol. The van der Waals surface area contributed by atoms with Gasteiger partial charge in [0, 0.05) is 35.1 Å². The number of fused-ring (bicyclic) bond motifs is 1. The van der Waals surface area contributed by atoms with E-state index in [0.29, 0.717) is 0 Å². The van der Waals surface area contributed by atoms with Gasteiger partial charge in [0.1, 0.15) is 0 Å². The predicted molar refractivity (Wildman–Crippen MR) is 82.2 cm³/mol. The van der Waals surface area contributed by atoms with Gasteiger partial charge in [0.15, 0.2) is 5.78 Å². The van der Waals surface area contributed by atoms with E-state index in [0.717, 1.165) is 59.9 Å². The molecule has 0 spiro atoms. The third-order valence-electron chi connectivity index (χ3n) is 4.44. The van der Waals surface area contributed by atoms with E-state index in [4.69, 9.17) is 0 Å². The highest BCUT2D eigenvalue weighted by Gasteiger charge is 2.29. The number of carbonyl (C=O) groups is 2. The Bertz CT molecular complexity index is 576. The van der Waals surface area contributed by atoms with E-state index in [1.165, 1.54) is 0 Å². The second-order valence-corrected chi connectivity index (χ2v) is 6.58. The van der Waals surface area contributed by atoms with E-state index in [1.807, 2.05) is 12.1 Å². The lowest BCUT2D eigenvalue weighted by atomic mass is 9.95. The fraction of sp³-hybridized carbons (Fsp3) is 0.500. The third-order valence-corrected chi connectivity index (χ3v) is 5.09. The first-order valence-corrected chi connectivity index (χ1v) is 8.02. The van der Waals surface area contributed by atoms with Gasteiger partial charge in [0.25, 0.3) is 0 Å². The van der Waals surface area contributed by atoms with Gasteiger partial charge in [-0.3, -0.25) is 9.59 Å². The second kappa shape index (κ2) is 5.32. The number of halogens is 1. The molecular weight excluding hydrogens is 318 g/mol. The summed E-state index contributed by atoms with van der Waals surface area (Å²) in [7, 11) is 0. The Labute approximate surface area is 127 Å². The van der Waals surface area contributed by atoms with Gasteiger partial charge in [0.2, 0.25) is 5.91 Å². The summed E-state index contributed by atoms with van der Waals surface area (Å²) in [6.45, 7) is 2.30. The average molecular weight is 336 g/mol.